The lowest BCUT2D eigenvalue weighted by Crippen LogP contribution is -2.23. The van der Waals surface area contributed by atoms with E-state index in [1.807, 2.05) is 31.2 Å². The highest BCUT2D eigenvalue weighted by Gasteiger charge is 2.16. The molecule has 1 fully saturated rings. The highest BCUT2D eigenvalue weighted by Crippen LogP contribution is 2.35. The highest BCUT2D eigenvalue weighted by atomic mass is 16.7. The van der Waals surface area contributed by atoms with Crippen molar-refractivity contribution >= 4 is 17.5 Å². The van der Waals surface area contributed by atoms with Crippen molar-refractivity contribution in [1.82, 2.24) is 9.97 Å². The summed E-state index contributed by atoms with van der Waals surface area (Å²) in [6.45, 7) is 2.26. The first-order valence-corrected chi connectivity index (χ1v) is 8.55. The van der Waals surface area contributed by atoms with E-state index in [4.69, 9.17) is 9.47 Å². The molecule has 6 nitrogen and oxygen atoms in total. The molecule has 0 unspecified atom stereocenters. The zero-order chi connectivity index (χ0) is 16.4. The van der Waals surface area contributed by atoms with Crippen molar-refractivity contribution in [3.63, 3.8) is 0 Å². The molecule has 2 heterocycles. The Morgan fingerprint density at radius 3 is 2.71 bits per heavy atom. The first-order valence-electron chi connectivity index (χ1n) is 8.55. The van der Waals surface area contributed by atoms with Crippen LogP contribution >= 0.6 is 0 Å². The minimum Gasteiger partial charge on any atom is -0.454 e. The molecule has 1 aliphatic carbocycles. The van der Waals surface area contributed by atoms with Gasteiger partial charge in [0.1, 0.15) is 5.82 Å². The predicted octanol–water partition coefficient (Wildman–Crippen LogP) is 4.00. The van der Waals surface area contributed by atoms with E-state index in [9.17, 15) is 0 Å². The lowest BCUT2D eigenvalue weighted by Gasteiger charge is -2.23. The predicted molar refractivity (Wildman–Crippen MR) is 93.1 cm³/mol. The molecule has 1 aromatic carbocycles. The van der Waals surface area contributed by atoms with Gasteiger partial charge < -0.3 is 20.1 Å². The quantitative estimate of drug-likeness (QED) is 0.885. The zero-order valence-electron chi connectivity index (χ0n) is 13.8. The fourth-order valence-electron chi connectivity index (χ4n) is 3.25. The molecule has 2 aromatic rings. The second-order valence-electron chi connectivity index (χ2n) is 6.39. The summed E-state index contributed by atoms with van der Waals surface area (Å²) in [4.78, 5) is 9.13. The van der Waals surface area contributed by atoms with Crippen molar-refractivity contribution in [1.29, 1.82) is 0 Å². The molecule has 2 aliphatic rings. The van der Waals surface area contributed by atoms with E-state index in [0.717, 1.165) is 28.7 Å². The summed E-state index contributed by atoms with van der Waals surface area (Å²) in [5.74, 6) is 3.01. The molecule has 2 N–H and O–H groups in total. The Morgan fingerprint density at radius 1 is 1.00 bits per heavy atom. The van der Waals surface area contributed by atoms with Crippen LogP contribution in [-0.4, -0.2) is 22.8 Å². The average Bonchev–Trinajstić information content (AvgIpc) is 3.03. The van der Waals surface area contributed by atoms with Crippen LogP contribution in [0.5, 0.6) is 11.5 Å². The van der Waals surface area contributed by atoms with Gasteiger partial charge in [0.15, 0.2) is 11.5 Å². The lowest BCUT2D eigenvalue weighted by molar-refractivity contribution is 0.174. The summed E-state index contributed by atoms with van der Waals surface area (Å²) >= 11 is 0. The summed E-state index contributed by atoms with van der Waals surface area (Å²) in [5.41, 5.74) is 1.85. The standard InChI is InChI=1S/C18H22N4O2/c1-12-9-17(20-14-7-8-15-16(10-14)24-11-23-15)22-18(19-12)21-13-5-3-2-4-6-13/h7-10,13H,2-6,11H2,1H3,(H2,19,20,21,22). The number of hydrogen-bond donors (Lipinski definition) is 2. The Morgan fingerprint density at radius 2 is 1.83 bits per heavy atom. The van der Waals surface area contributed by atoms with Gasteiger partial charge in [-0.15, -0.1) is 0 Å². The van der Waals surface area contributed by atoms with E-state index >= 15 is 0 Å². The maximum absolute atomic E-state index is 5.42. The molecule has 1 aliphatic heterocycles. The molecular formula is C18H22N4O2. The zero-order valence-corrected chi connectivity index (χ0v) is 13.8. The van der Waals surface area contributed by atoms with Gasteiger partial charge in [-0.3, -0.25) is 0 Å². The van der Waals surface area contributed by atoms with Crippen molar-refractivity contribution in [3.8, 4) is 11.5 Å². The molecule has 0 spiro atoms. The van der Waals surface area contributed by atoms with Crippen LogP contribution in [0.4, 0.5) is 17.5 Å². The third-order valence-electron chi connectivity index (χ3n) is 4.44. The first-order chi connectivity index (χ1) is 11.8. The maximum atomic E-state index is 5.42. The second-order valence-corrected chi connectivity index (χ2v) is 6.39. The van der Waals surface area contributed by atoms with E-state index in [2.05, 4.69) is 20.6 Å². The molecule has 0 bridgehead atoms. The summed E-state index contributed by atoms with van der Waals surface area (Å²) < 4.78 is 10.8. The third-order valence-corrected chi connectivity index (χ3v) is 4.44. The number of aryl methyl sites for hydroxylation is 1. The molecule has 0 amide bonds. The summed E-state index contributed by atoms with van der Waals surface area (Å²) in [5, 5.41) is 6.81. The van der Waals surface area contributed by atoms with Gasteiger partial charge in [0.2, 0.25) is 12.7 Å². The molecule has 126 valence electrons. The highest BCUT2D eigenvalue weighted by molar-refractivity contribution is 5.62. The van der Waals surface area contributed by atoms with Crippen LogP contribution in [0.15, 0.2) is 24.3 Å². The number of nitrogens with one attached hydrogen (secondary N) is 2. The Hall–Kier alpha value is -2.50. The molecule has 1 aromatic heterocycles. The van der Waals surface area contributed by atoms with Gasteiger partial charge >= 0.3 is 0 Å². The van der Waals surface area contributed by atoms with Gasteiger partial charge in [-0.05, 0) is 31.9 Å². The van der Waals surface area contributed by atoms with Crippen LogP contribution < -0.4 is 20.1 Å². The molecular weight excluding hydrogens is 304 g/mol. The van der Waals surface area contributed by atoms with Gasteiger partial charge in [-0.25, -0.2) is 4.98 Å². The Kier molecular flexibility index (Phi) is 4.11. The number of hydrogen-bond acceptors (Lipinski definition) is 6. The van der Waals surface area contributed by atoms with E-state index in [1.165, 1.54) is 32.1 Å². The van der Waals surface area contributed by atoms with Crippen LogP contribution in [0.25, 0.3) is 0 Å². The average molecular weight is 326 g/mol. The smallest absolute Gasteiger partial charge is 0.231 e. The van der Waals surface area contributed by atoms with Crippen LogP contribution in [-0.2, 0) is 0 Å². The van der Waals surface area contributed by atoms with Crippen LogP contribution in [0, 0.1) is 6.92 Å². The molecule has 1 saturated carbocycles. The Bertz CT molecular complexity index is 729. The molecule has 24 heavy (non-hydrogen) atoms. The fourth-order valence-corrected chi connectivity index (χ4v) is 3.25. The topological polar surface area (TPSA) is 68.3 Å². The van der Waals surface area contributed by atoms with Gasteiger partial charge in [-0.1, -0.05) is 19.3 Å². The molecule has 0 atom stereocenters. The normalized spacial score (nSPS) is 16.9. The number of rotatable bonds is 4. The van der Waals surface area contributed by atoms with Gasteiger partial charge in [0.25, 0.3) is 0 Å². The Balaban J connectivity index is 1.50. The van der Waals surface area contributed by atoms with Crippen LogP contribution in [0.2, 0.25) is 0 Å². The van der Waals surface area contributed by atoms with Gasteiger partial charge in [0, 0.05) is 29.6 Å². The first kappa shape index (κ1) is 15.1. The van der Waals surface area contributed by atoms with Gasteiger partial charge in [-0.2, -0.15) is 4.98 Å². The number of aromatic nitrogens is 2. The number of benzene rings is 1. The summed E-state index contributed by atoms with van der Waals surface area (Å²) in [6.07, 6.45) is 6.30. The number of fused-ring (bicyclic) bond motifs is 1. The minimum atomic E-state index is 0.279. The SMILES string of the molecule is Cc1cc(Nc2ccc3c(c2)OCO3)nc(NC2CCCCC2)n1. The fraction of sp³-hybridized carbons (Fsp3) is 0.444. The van der Waals surface area contributed by atoms with E-state index in [0.29, 0.717) is 12.0 Å². The monoisotopic (exact) mass is 326 g/mol. The summed E-state index contributed by atoms with van der Waals surface area (Å²) in [7, 11) is 0. The number of anilines is 3. The van der Waals surface area contributed by atoms with Gasteiger partial charge in [0.05, 0.1) is 0 Å². The third kappa shape index (κ3) is 3.37. The Labute approximate surface area is 141 Å². The van der Waals surface area contributed by atoms with Crippen molar-refractivity contribution in [2.45, 2.75) is 45.1 Å². The van der Waals surface area contributed by atoms with E-state index in [-0.39, 0.29) is 6.79 Å². The lowest BCUT2D eigenvalue weighted by atomic mass is 9.96. The number of nitrogens with zero attached hydrogens (tertiary/aromatic N) is 2. The molecule has 0 saturated heterocycles. The molecule has 6 heteroatoms. The maximum Gasteiger partial charge on any atom is 0.231 e. The minimum absolute atomic E-state index is 0.279. The van der Waals surface area contributed by atoms with E-state index < -0.39 is 0 Å². The molecule has 4 rings (SSSR count). The van der Waals surface area contributed by atoms with Crippen molar-refractivity contribution in [2.75, 3.05) is 17.4 Å². The van der Waals surface area contributed by atoms with Crippen LogP contribution in [0.1, 0.15) is 37.8 Å². The number of ether oxygens (including phenoxy) is 2. The largest absolute Gasteiger partial charge is 0.454 e. The van der Waals surface area contributed by atoms with Crippen LogP contribution in [0.3, 0.4) is 0 Å². The van der Waals surface area contributed by atoms with Crippen molar-refractivity contribution in [2.24, 2.45) is 0 Å². The van der Waals surface area contributed by atoms with Crippen molar-refractivity contribution in [3.05, 3.63) is 30.0 Å². The second kappa shape index (κ2) is 6.55. The van der Waals surface area contributed by atoms with E-state index in [1.54, 1.807) is 0 Å². The molecule has 0 radical (unpaired) electrons. The van der Waals surface area contributed by atoms with Crippen molar-refractivity contribution < 1.29 is 9.47 Å². The summed E-state index contributed by atoms with van der Waals surface area (Å²) in [6, 6.07) is 8.21.